The zero-order valence-electron chi connectivity index (χ0n) is 14.1. The van der Waals surface area contributed by atoms with E-state index in [0.29, 0.717) is 12.2 Å². The van der Waals surface area contributed by atoms with Crippen molar-refractivity contribution in [3.63, 3.8) is 0 Å². The number of thioether (sulfide) groups is 6. The molecular formula is C16H28O2S6. The molecule has 3 rings (SSSR count). The Morgan fingerprint density at radius 2 is 1.00 bits per heavy atom. The van der Waals surface area contributed by atoms with E-state index in [1.807, 2.05) is 0 Å². The number of epoxide rings is 2. The van der Waals surface area contributed by atoms with Crippen LogP contribution in [-0.2, 0) is 9.47 Å². The van der Waals surface area contributed by atoms with Gasteiger partial charge in [-0.1, -0.05) is 0 Å². The first kappa shape index (κ1) is 20.7. The molecule has 4 atom stereocenters. The fraction of sp³-hybridized carbons (Fsp3) is 1.00. The van der Waals surface area contributed by atoms with Crippen molar-refractivity contribution in [2.75, 3.05) is 70.7 Å². The third-order valence-electron chi connectivity index (χ3n) is 3.80. The number of rotatable bonds is 14. The average Bonchev–Trinajstić information content (AvgIpc) is 3.50. The summed E-state index contributed by atoms with van der Waals surface area (Å²) in [4.78, 5) is 0. The highest BCUT2D eigenvalue weighted by molar-refractivity contribution is 8.09. The lowest BCUT2D eigenvalue weighted by Gasteiger charge is -2.27. The van der Waals surface area contributed by atoms with Crippen molar-refractivity contribution in [3.05, 3.63) is 0 Å². The smallest absolute Gasteiger partial charge is 0.0900 e. The maximum absolute atomic E-state index is 5.24. The number of hydrogen-bond donors (Lipinski definition) is 0. The zero-order chi connectivity index (χ0) is 16.5. The van der Waals surface area contributed by atoms with Gasteiger partial charge in [0.1, 0.15) is 0 Å². The number of hydrogen-bond acceptors (Lipinski definition) is 8. The Labute approximate surface area is 172 Å². The minimum absolute atomic E-state index is 0.589. The second-order valence-electron chi connectivity index (χ2n) is 6.12. The van der Waals surface area contributed by atoms with Gasteiger partial charge in [0.05, 0.1) is 25.4 Å². The molecule has 0 aromatic rings. The van der Waals surface area contributed by atoms with Crippen LogP contribution in [0, 0.1) is 0 Å². The van der Waals surface area contributed by atoms with Crippen molar-refractivity contribution in [2.24, 2.45) is 0 Å². The van der Waals surface area contributed by atoms with Gasteiger partial charge < -0.3 is 9.47 Å². The summed E-state index contributed by atoms with van der Waals surface area (Å²) in [6.45, 7) is 2.01. The molecule has 0 aliphatic carbocycles. The van der Waals surface area contributed by atoms with Gasteiger partial charge in [0.25, 0.3) is 0 Å². The van der Waals surface area contributed by atoms with E-state index in [-0.39, 0.29) is 0 Å². The summed E-state index contributed by atoms with van der Waals surface area (Å²) in [5.74, 6) is 13.0. The Morgan fingerprint density at radius 1 is 0.625 bits per heavy atom. The van der Waals surface area contributed by atoms with Crippen LogP contribution in [0.2, 0.25) is 0 Å². The first-order chi connectivity index (χ1) is 11.9. The molecule has 0 aromatic heterocycles. The quantitative estimate of drug-likeness (QED) is 0.293. The second kappa shape index (κ2) is 12.5. The highest BCUT2D eigenvalue weighted by Crippen LogP contribution is 2.33. The van der Waals surface area contributed by atoms with Crippen LogP contribution in [0.3, 0.4) is 0 Å². The maximum atomic E-state index is 5.24. The second-order valence-corrected chi connectivity index (χ2v) is 13.4. The van der Waals surface area contributed by atoms with Gasteiger partial charge in [-0.05, 0) is 0 Å². The molecule has 0 N–H and O–H groups in total. The molecule has 0 spiro atoms. The minimum Gasteiger partial charge on any atom is -0.372 e. The van der Waals surface area contributed by atoms with E-state index in [1.54, 1.807) is 0 Å². The summed E-state index contributed by atoms with van der Waals surface area (Å²) in [6, 6.07) is 0. The molecule has 3 saturated heterocycles. The maximum Gasteiger partial charge on any atom is 0.0900 e. The highest BCUT2D eigenvalue weighted by atomic mass is 32.2. The Balaban J connectivity index is 1.08. The predicted octanol–water partition coefficient (Wildman–Crippen LogP) is 3.93. The molecule has 3 fully saturated rings. The van der Waals surface area contributed by atoms with Gasteiger partial charge in [-0.2, -0.15) is 70.6 Å². The van der Waals surface area contributed by atoms with Crippen LogP contribution in [0.5, 0.6) is 0 Å². The van der Waals surface area contributed by atoms with E-state index in [4.69, 9.17) is 9.47 Å². The van der Waals surface area contributed by atoms with E-state index >= 15 is 0 Å². The Bertz CT molecular complexity index is 301. The van der Waals surface area contributed by atoms with E-state index < -0.39 is 0 Å². The molecule has 3 heterocycles. The van der Waals surface area contributed by atoms with E-state index in [2.05, 4.69) is 70.6 Å². The van der Waals surface area contributed by atoms with Crippen LogP contribution in [0.15, 0.2) is 0 Å². The summed E-state index contributed by atoms with van der Waals surface area (Å²) >= 11 is 12.9. The average molecular weight is 445 g/mol. The Hall–Kier alpha value is 2.02. The monoisotopic (exact) mass is 444 g/mol. The van der Waals surface area contributed by atoms with Crippen LogP contribution >= 0.6 is 70.6 Å². The molecule has 3 aliphatic heterocycles. The lowest BCUT2D eigenvalue weighted by Crippen LogP contribution is -2.25. The molecule has 0 bridgehead atoms. The van der Waals surface area contributed by atoms with Gasteiger partial charge in [-0.25, -0.2) is 0 Å². The van der Waals surface area contributed by atoms with E-state index in [0.717, 1.165) is 23.7 Å². The predicted molar refractivity (Wildman–Crippen MR) is 121 cm³/mol. The molecule has 0 radical (unpaired) electrons. The largest absolute Gasteiger partial charge is 0.372 e. The van der Waals surface area contributed by atoms with Crippen LogP contribution in [0.1, 0.15) is 0 Å². The van der Waals surface area contributed by atoms with Crippen LogP contribution in [-0.4, -0.2) is 93.5 Å². The zero-order valence-corrected chi connectivity index (χ0v) is 19.0. The minimum atomic E-state index is 0.589. The molecule has 24 heavy (non-hydrogen) atoms. The molecule has 2 nitrogen and oxygen atoms in total. The van der Waals surface area contributed by atoms with Crippen LogP contribution in [0.25, 0.3) is 0 Å². The Morgan fingerprint density at radius 3 is 1.33 bits per heavy atom. The van der Waals surface area contributed by atoms with Gasteiger partial charge in [0, 0.05) is 68.0 Å². The topological polar surface area (TPSA) is 25.1 Å². The summed E-state index contributed by atoms with van der Waals surface area (Å²) in [5, 5.41) is 1.76. The number of ether oxygens (including phenoxy) is 2. The molecular weight excluding hydrogens is 417 g/mol. The molecule has 8 heteroatoms. The SMILES string of the molecule is C(CSCC1CSC(CSCCSCC2CO2)CS1)SCC1CO1. The fourth-order valence-corrected chi connectivity index (χ4v) is 10.5. The van der Waals surface area contributed by atoms with Crippen molar-refractivity contribution in [3.8, 4) is 0 Å². The summed E-state index contributed by atoms with van der Waals surface area (Å²) in [5.41, 5.74) is 0. The van der Waals surface area contributed by atoms with Gasteiger partial charge in [-0.3, -0.25) is 0 Å². The summed E-state index contributed by atoms with van der Waals surface area (Å²) in [6.07, 6.45) is 1.18. The van der Waals surface area contributed by atoms with Crippen molar-refractivity contribution >= 4 is 70.6 Å². The molecule has 3 aliphatic rings. The molecule has 4 unspecified atom stereocenters. The normalized spacial score (nSPS) is 32.0. The third-order valence-corrected chi connectivity index (χ3v) is 12.4. The lowest BCUT2D eigenvalue weighted by molar-refractivity contribution is 0.426. The van der Waals surface area contributed by atoms with Crippen molar-refractivity contribution in [1.82, 2.24) is 0 Å². The first-order valence-corrected chi connectivity index (χ1v) is 15.4. The Kier molecular flexibility index (Phi) is 10.8. The lowest BCUT2D eigenvalue weighted by atomic mass is 10.5. The molecule has 140 valence electrons. The molecule has 0 aromatic carbocycles. The third kappa shape index (κ3) is 9.81. The van der Waals surface area contributed by atoms with Gasteiger partial charge >= 0.3 is 0 Å². The van der Waals surface area contributed by atoms with Crippen molar-refractivity contribution in [1.29, 1.82) is 0 Å². The highest BCUT2D eigenvalue weighted by Gasteiger charge is 2.23. The summed E-state index contributed by atoms with van der Waals surface area (Å²) in [7, 11) is 0. The van der Waals surface area contributed by atoms with Gasteiger partial charge in [0.15, 0.2) is 0 Å². The van der Waals surface area contributed by atoms with E-state index in [9.17, 15) is 0 Å². The van der Waals surface area contributed by atoms with Crippen LogP contribution < -0.4 is 0 Å². The molecule has 0 saturated carbocycles. The van der Waals surface area contributed by atoms with Crippen LogP contribution in [0.4, 0.5) is 0 Å². The van der Waals surface area contributed by atoms with E-state index in [1.165, 1.54) is 57.5 Å². The standard InChI is InChI=1S/C16H28O2S6/c1(19-7-13-5-17-13)3-21-9-15-11-24-16(12-23-15)10-22-4-2-20-8-14-6-18-14/h13-16H,1-12H2. The van der Waals surface area contributed by atoms with Gasteiger partial charge in [-0.15, -0.1) is 0 Å². The van der Waals surface area contributed by atoms with Gasteiger partial charge in [0.2, 0.25) is 0 Å². The van der Waals surface area contributed by atoms with Crippen molar-refractivity contribution < 1.29 is 9.47 Å². The summed E-state index contributed by atoms with van der Waals surface area (Å²) < 4.78 is 10.5. The fourth-order valence-electron chi connectivity index (χ4n) is 2.20. The molecule has 0 amide bonds. The first-order valence-electron chi connectivity index (χ1n) is 8.67. The van der Waals surface area contributed by atoms with Crippen molar-refractivity contribution in [2.45, 2.75) is 22.7 Å².